The van der Waals surface area contributed by atoms with Gasteiger partial charge in [0.1, 0.15) is 11.5 Å². The van der Waals surface area contributed by atoms with Crippen LogP contribution in [0.1, 0.15) is 11.1 Å². The molecule has 0 radical (unpaired) electrons. The van der Waals surface area contributed by atoms with Crippen LogP contribution in [0, 0.1) is 13.8 Å². The standard InChI is InChI=1S/C27H31N3O5S/c1-20-16-21(2)18-22(17-20)28-36(32,33)24-10-8-23(9-11-24)35-19-27(31)30-14-12-29(13-15-30)25-6-4-5-7-26(25)34-3/h4-11,16-18,28H,12-15,19H2,1-3H3. The summed E-state index contributed by atoms with van der Waals surface area (Å²) in [5.74, 6) is 1.14. The maximum atomic E-state index is 12.8. The van der Waals surface area contributed by atoms with Crippen LogP contribution in [0.15, 0.2) is 71.6 Å². The van der Waals surface area contributed by atoms with E-state index in [1.54, 1.807) is 36.3 Å². The van der Waals surface area contributed by atoms with Gasteiger partial charge in [0.25, 0.3) is 15.9 Å². The number of hydrogen-bond acceptors (Lipinski definition) is 6. The van der Waals surface area contributed by atoms with Gasteiger partial charge in [0.2, 0.25) is 0 Å². The van der Waals surface area contributed by atoms with E-state index in [1.165, 1.54) is 12.1 Å². The second-order valence-electron chi connectivity index (χ2n) is 8.78. The Morgan fingerprint density at radius 3 is 2.19 bits per heavy atom. The van der Waals surface area contributed by atoms with Crippen molar-refractivity contribution in [1.82, 2.24) is 4.90 Å². The summed E-state index contributed by atoms with van der Waals surface area (Å²) in [6.45, 7) is 6.29. The quantitative estimate of drug-likeness (QED) is 0.497. The maximum Gasteiger partial charge on any atom is 0.261 e. The fourth-order valence-electron chi connectivity index (χ4n) is 4.29. The van der Waals surface area contributed by atoms with Crippen LogP contribution < -0.4 is 19.1 Å². The Balaban J connectivity index is 1.29. The summed E-state index contributed by atoms with van der Waals surface area (Å²) < 4.78 is 39.2. The lowest BCUT2D eigenvalue weighted by atomic mass is 10.1. The Morgan fingerprint density at radius 2 is 1.56 bits per heavy atom. The van der Waals surface area contributed by atoms with Gasteiger partial charge in [-0.25, -0.2) is 8.42 Å². The van der Waals surface area contributed by atoms with Gasteiger partial charge in [-0.1, -0.05) is 18.2 Å². The molecule has 3 aromatic carbocycles. The molecule has 8 nitrogen and oxygen atoms in total. The molecule has 0 atom stereocenters. The highest BCUT2D eigenvalue weighted by Gasteiger charge is 2.23. The highest BCUT2D eigenvalue weighted by molar-refractivity contribution is 7.92. The van der Waals surface area contributed by atoms with Crippen LogP contribution in [0.5, 0.6) is 11.5 Å². The van der Waals surface area contributed by atoms with E-state index in [-0.39, 0.29) is 17.4 Å². The largest absolute Gasteiger partial charge is 0.495 e. The summed E-state index contributed by atoms with van der Waals surface area (Å²) in [6.07, 6.45) is 0. The van der Waals surface area contributed by atoms with Gasteiger partial charge in [0.15, 0.2) is 6.61 Å². The van der Waals surface area contributed by atoms with Crippen molar-refractivity contribution in [3.8, 4) is 11.5 Å². The van der Waals surface area contributed by atoms with E-state index >= 15 is 0 Å². The molecular weight excluding hydrogens is 478 g/mol. The molecule has 1 heterocycles. The lowest BCUT2D eigenvalue weighted by Gasteiger charge is -2.36. The third-order valence-corrected chi connectivity index (χ3v) is 7.43. The summed E-state index contributed by atoms with van der Waals surface area (Å²) in [5.41, 5.74) is 3.49. The van der Waals surface area contributed by atoms with Crippen molar-refractivity contribution in [2.75, 3.05) is 49.5 Å². The zero-order valence-electron chi connectivity index (χ0n) is 20.7. The molecule has 1 N–H and O–H groups in total. The van der Waals surface area contributed by atoms with E-state index in [0.717, 1.165) is 22.6 Å². The first kappa shape index (κ1) is 25.4. The molecule has 0 unspecified atom stereocenters. The van der Waals surface area contributed by atoms with Crippen molar-refractivity contribution >= 4 is 27.3 Å². The summed E-state index contributed by atoms with van der Waals surface area (Å²) in [7, 11) is -2.09. The molecule has 9 heteroatoms. The Hall–Kier alpha value is -3.72. The molecule has 1 fully saturated rings. The number of ether oxygens (including phenoxy) is 2. The first-order valence-corrected chi connectivity index (χ1v) is 13.2. The number of rotatable bonds is 8. The van der Waals surface area contributed by atoms with Crippen molar-refractivity contribution in [2.24, 2.45) is 0 Å². The van der Waals surface area contributed by atoms with Gasteiger partial charge in [-0.15, -0.1) is 0 Å². The third kappa shape index (κ3) is 6.09. The number of nitrogens with zero attached hydrogens (tertiary/aromatic N) is 2. The van der Waals surface area contributed by atoms with Crippen molar-refractivity contribution in [2.45, 2.75) is 18.7 Å². The predicted molar refractivity (Wildman–Crippen MR) is 140 cm³/mol. The number of amides is 1. The summed E-state index contributed by atoms with van der Waals surface area (Å²) in [4.78, 5) is 16.8. The Labute approximate surface area is 212 Å². The second kappa shape index (κ2) is 10.9. The third-order valence-electron chi connectivity index (χ3n) is 6.03. The fraction of sp³-hybridized carbons (Fsp3) is 0.296. The fourth-order valence-corrected chi connectivity index (χ4v) is 5.33. The Morgan fingerprint density at radius 1 is 0.917 bits per heavy atom. The molecular formula is C27H31N3O5S. The average molecular weight is 510 g/mol. The van der Waals surface area contributed by atoms with Gasteiger partial charge < -0.3 is 19.3 Å². The average Bonchev–Trinajstić information content (AvgIpc) is 2.86. The molecule has 0 bridgehead atoms. The molecule has 0 spiro atoms. The van der Waals surface area contributed by atoms with E-state index < -0.39 is 10.0 Å². The molecule has 0 aliphatic carbocycles. The molecule has 0 aromatic heterocycles. The van der Waals surface area contributed by atoms with E-state index in [4.69, 9.17) is 9.47 Å². The van der Waals surface area contributed by atoms with Crippen LogP contribution in [0.4, 0.5) is 11.4 Å². The zero-order chi connectivity index (χ0) is 25.7. The monoisotopic (exact) mass is 509 g/mol. The van der Waals surface area contributed by atoms with Crippen LogP contribution in [0.3, 0.4) is 0 Å². The minimum absolute atomic E-state index is 0.108. The lowest BCUT2D eigenvalue weighted by molar-refractivity contribution is -0.133. The Bertz CT molecular complexity index is 1300. The molecule has 1 saturated heterocycles. The summed E-state index contributed by atoms with van der Waals surface area (Å²) in [6, 6.07) is 19.4. The smallest absolute Gasteiger partial charge is 0.261 e. The first-order valence-electron chi connectivity index (χ1n) is 11.7. The number of nitrogens with one attached hydrogen (secondary N) is 1. The number of carbonyl (C=O) groups is 1. The number of hydrogen-bond donors (Lipinski definition) is 1. The highest BCUT2D eigenvalue weighted by atomic mass is 32.2. The SMILES string of the molecule is COc1ccccc1N1CCN(C(=O)COc2ccc(S(=O)(=O)Nc3cc(C)cc(C)c3)cc2)CC1. The minimum atomic E-state index is -3.74. The molecule has 3 aromatic rings. The topological polar surface area (TPSA) is 88.2 Å². The molecule has 1 aliphatic heterocycles. The summed E-state index contributed by atoms with van der Waals surface area (Å²) >= 11 is 0. The van der Waals surface area contributed by atoms with Crippen molar-refractivity contribution in [3.63, 3.8) is 0 Å². The molecule has 1 amide bonds. The van der Waals surface area contributed by atoms with E-state index in [2.05, 4.69) is 9.62 Å². The summed E-state index contributed by atoms with van der Waals surface area (Å²) in [5, 5.41) is 0. The van der Waals surface area contributed by atoms with Gasteiger partial charge in [-0.2, -0.15) is 0 Å². The number of carbonyl (C=O) groups excluding carboxylic acids is 1. The van der Waals surface area contributed by atoms with Crippen LogP contribution in [-0.2, 0) is 14.8 Å². The number of aryl methyl sites for hydroxylation is 2. The predicted octanol–water partition coefficient (Wildman–Crippen LogP) is 3.84. The van der Waals surface area contributed by atoms with E-state index in [0.29, 0.717) is 37.6 Å². The number of sulfonamides is 1. The number of methoxy groups -OCH3 is 1. The van der Waals surface area contributed by atoms with Gasteiger partial charge >= 0.3 is 0 Å². The molecule has 36 heavy (non-hydrogen) atoms. The van der Waals surface area contributed by atoms with E-state index in [1.807, 2.05) is 44.2 Å². The molecule has 1 aliphatic rings. The second-order valence-corrected chi connectivity index (χ2v) is 10.5. The number of benzene rings is 3. The van der Waals surface area contributed by atoms with Crippen LogP contribution in [0.2, 0.25) is 0 Å². The Kier molecular flexibility index (Phi) is 7.69. The van der Waals surface area contributed by atoms with Gasteiger partial charge in [-0.05, 0) is 73.5 Å². The molecule has 190 valence electrons. The molecule has 0 saturated carbocycles. The maximum absolute atomic E-state index is 12.8. The lowest BCUT2D eigenvalue weighted by Crippen LogP contribution is -2.50. The number of piperazine rings is 1. The van der Waals surface area contributed by atoms with Gasteiger partial charge in [0, 0.05) is 31.9 Å². The highest BCUT2D eigenvalue weighted by Crippen LogP contribution is 2.28. The van der Waals surface area contributed by atoms with Crippen LogP contribution in [0.25, 0.3) is 0 Å². The van der Waals surface area contributed by atoms with Gasteiger partial charge in [-0.3, -0.25) is 9.52 Å². The van der Waals surface area contributed by atoms with Gasteiger partial charge in [0.05, 0.1) is 17.7 Å². The van der Waals surface area contributed by atoms with Crippen LogP contribution >= 0.6 is 0 Å². The van der Waals surface area contributed by atoms with Crippen molar-refractivity contribution in [3.05, 3.63) is 77.9 Å². The first-order chi connectivity index (χ1) is 17.2. The normalized spacial score (nSPS) is 13.9. The number of anilines is 2. The van der Waals surface area contributed by atoms with E-state index in [9.17, 15) is 13.2 Å². The van der Waals surface area contributed by atoms with Crippen molar-refractivity contribution in [1.29, 1.82) is 0 Å². The van der Waals surface area contributed by atoms with Crippen LogP contribution in [-0.4, -0.2) is 59.1 Å². The zero-order valence-corrected chi connectivity index (χ0v) is 21.5. The molecule has 4 rings (SSSR count). The minimum Gasteiger partial charge on any atom is -0.495 e. The van der Waals surface area contributed by atoms with Crippen molar-refractivity contribution < 1.29 is 22.7 Å². The number of para-hydroxylation sites is 2.